The van der Waals surface area contributed by atoms with E-state index < -0.39 is 0 Å². The van der Waals surface area contributed by atoms with Crippen molar-refractivity contribution in [1.29, 1.82) is 0 Å². The van der Waals surface area contributed by atoms with Gasteiger partial charge in [-0.1, -0.05) is 15.9 Å². The highest BCUT2D eigenvalue weighted by atomic mass is 79.9. The van der Waals surface area contributed by atoms with Gasteiger partial charge in [0.15, 0.2) is 0 Å². The number of benzene rings is 1. The molecule has 1 saturated heterocycles. The number of aromatic nitrogens is 2. The van der Waals surface area contributed by atoms with Crippen LogP contribution in [-0.2, 0) is 4.79 Å². The molecule has 0 saturated carbocycles. The van der Waals surface area contributed by atoms with Crippen LogP contribution in [0.25, 0.3) is 22.2 Å². The molecule has 29 heavy (non-hydrogen) atoms. The molecule has 1 fully saturated rings. The number of halogens is 1. The van der Waals surface area contributed by atoms with Crippen LogP contribution in [0.15, 0.2) is 53.3 Å². The number of fused-ring (bicyclic) bond motifs is 1. The van der Waals surface area contributed by atoms with Crippen molar-refractivity contribution in [3.63, 3.8) is 0 Å². The van der Waals surface area contributed by atoms with E-state index in [1.807, 2.05) is 41.3 Å². The Morgan fingerprint density at radius 2 is 2.14 bits per heavy atom. The first-order chi connectivity index (χ1) is 14.1. The summed E-state index contributed by atoms with van der Waals surface area (Å²) in [5, 5.41) is 3.78. The van der Waals surface area contributed by atoms with Crippen molar-refractivity contribution in [2.75, 3.05) is 19.6 Å². The predicted octanol–water partition coefficient (Wildman–Crippen LogP) is 3.80. The molecule has 0 spiro atoms. The third kappa shape index (κ3) is 4.45. The lowest BCUT2D eigenvalue weighted by atomic mass is 10.0. The zero-order valence-corrected chi connectivity index (χ0v) is 17.5. The van der Waals surface area contributed by atoms with E-state index in [4.69, 9.17) is 4.98 Å². The minimum atomic E-state index is -0.145. The van der Waals surface area contributed by atoms with Crippen LogP contribution < -0.4 is 5.32 Å². The Hall–Kier alpha value is -2.80. The molecular weight excluding hydrogens is 432 g/mol. The summed E-state index contributed by atoms with van der Waals surface area (Å²) < 4.78 is 0.891. The van der Waals surface area contributed by atoms with Gasteiger partial charge in [-0.2, -0.15) is 0 Å². The summed E-state index contributed by atoms with van der Waals surface area (Å²) in [4.78, 5) is 35.4. The molecule has 1 aromatic carbocycles. The van der Waals surface area contributed by atoms with Crippen LogP contribution in [0.5, 0.6) is 0 Å². The first-order valence-corrected chi connectivity index (χ1v) is 10.5. The maximum Gasteiger partial charge on any atom is 0.252 e. The Labute approximate surface area is 177 Å². The van der Waals surface area contributed by atoms with Gasteiger partial charge in [0, 0.05) is 53.9 Å². The fourth-order valence-corrected chi connectivity index (χ4v) is 3.92. The van der Waals surface area contributed by atoms with E-state index in [1.165, 1.54) is 0 Å². The fraction of sp³-hybridized carbons (Fsp3) is 0.273. The summed E-state index contributed by atoms with van der Waals surface area (Å²) in [6, 6.07) is 11.3. The number of carbonyl (C=O) groups excluding carboxylic acids is 2. The van der Waals surface area contributed by atoms with Crippen molar-refractivity contribution in [1.82, 2.24) is 20.2 Å². The summed E-state index contributed by atoms with van der Waals surface area (Å²) in [5.41, 5.74) is 2.90. The van der Waals surface area contributed by atoms with Crippen molar-refractivity contribution in [2.45, 2.75) is 19.3 Å². The summed E-state index contributed by atoms with van der Waals surface area (Å²) in [6.45, 7) is 2.02. The lowest BCUT2D eigenvalue weighted by Crippen LogP contribution is -2.30. The molecule has 1 aliphatic rings. The number of rotatable bonds is 6. The first-order valence-electron chi connectivity index (χ1n) is 9.68. The Bertz CT molecular complexity index is 1060. The molecule has 1 aliphatic heterocycles. The molecule has 0 radical (unpaired) electrons. The van der Waals surface area contributed by atoms with E-state index in [-0.39, 0.29) is 11.8 Å². The van der Waals surface area contributed by atoms with E-state index in [9.17, 15) is 9.59 Å². The van der Waals surface area contributed by atoms with Crippen molar-refractivity contribution < 1.29 is 9.59 Å². The van der Waals surface area contributed by atoms with Crippen molar-refractivity contribution in [3.05, 3.63) is 58.8 Å². The third-order valence-corrected chi connectivity index (χ3v) is 5.53. The number of nitrogens with zero attached hydrogens (tertiary/aromatic N) is 3. The van der Waals surface area contributed by atoms with Crippen LogP contribution in [0.4, 0.5) is 0 Å². The maximum atomic E-state index is 13.0. The van der Waals surface area contributed by atoms with Crippen LogP contribution in [-0.4, -0.2) is 46.3 Å². The molecule has 3 aromatic rings. The van der Waals surface area contributed by atoms with Gasteiger partial charge < -0.3 is 10.2 Å². The third-order valence-electron chi connectivity index (χ3n) is 5.03. The highest BCUT2D eigenvalue weighted by Crippen LogP contribution is 2.27. The van der Waals surface area contributed by atoms with Crippen LogP contribution in [0.1, 0.15) is 29.6 Å². The minimum Gasteiger partial charge on any atom is -0.352 e. The topological polar surface area (TPSA) is 75.2 Å². The van der Waals surface area contributed by atoms with Gasteiger partial charge in [-0.3, -0.25) is 14.6 Å². The summed E-state index contributed by atoms with van der Waals surface area (Å²) >= 11 is 3.48. The Kier molecular flexibility index (Phi) is 5.85. The Morgan fingerprint density at radius 1 is 1.24 bits per heavy atom. The van der Waals surface area contributed by atoms with E-state index >= 15 is 0 Å². The number of hydrogen-bond acceptors (Lipinski definition) is 4. The van der Waals surface area contributed by atoms with Crippen LogP contribution in [0, 0.1) is 0 Å². The summed E-state index contributed by atoms with van der Waals surface area (Å²) in [5.74, 6) is 0.0656. The highest BCUT2D eigenvalue weighted by Gasteiger charge is 2.19. The van der Waals surface area contributed by atoms with E-state index in [0.717, 1.165) is 40.3 Å². The van der Waals surface area contributed by atoms with Crippen LogP contribution in [0.2, 0.25) is 0 Å². The molecule has 3 heterocycles. The molecule has 6 nitrogen and oxygen atoms in total. The number of likely N-dealkylation sites (tertiary alicyclic amines) is 1. The number of hydrogen-bond donors (Lipinski definition) is 1. The maximum absolute atomic E-state index is 13.0. The van der Waals surface area contributed by atoms with Gasteiger partial charge >= 0.3 is 0 Å². The quantitative estimate of drug-likeness (QED) is 0.577. The monoisotopic (exact) mass is 452 g/mol. The summed E-state index contributed by atoms with van der Waals surface area (Å²) in [7, 11) is 0. The second-order valence-electron chi connectivity index (χ2n) is 7.05. The molecule has 4 rings (SSSR count). The zero-order valence-electron chi connectivity index (χ0n) is 15.9. The predicted molar refractivity (Wildman–Crippen MR) is 115 cm³/mol. The van der Waals surface area contributed by atoms with Gasteiger partial charge in [-0.25, -0.2) is 4.98 Å². The first kappa shape index (κ1) is 19.5. The minimum absolute atomic E-state index is 0.145. The Morgan fingerprint density at radius 3 is 2.90 bits per heavy atom. The molecule has 2 amide bonds. The largest absolute Gasteiger partial charge is 0.352 e. The summed E-state index contributed by atoms with van der Waals surface area (Å²) in [6.07, 6.45) is 5.75. The van der Waals surface area contributed by atoms with E-state index in [0.29, 0.717) is 30.8 Å². The highest BCUT2D eigenvalue weighted by molar-refractivity contribution is 9.10. The molecule has 0 aliphatic carbocycles. The van der Waals surface area contributed by atoms with Crippen molar-refractivity contribution in [3.8, 4) is 11.3 Å². The van der Waals surface area contributed by atoms with Crippen molar-refractivity contribution >= 4 is 38.6 Å². The lowest BCUT2D eigenvalue weighted by Gasteiger charge is -2.15. The SMILES string of the molecule is O=C(NCCCN1CCCC1=O)c1cc(-c2cccnc2)nc2ccc(Br)cc12. The number of nitrogens with one attached hydrogen (secondary N) is 1. The van der Waals surface area contributed by atoms with Gasteiger partial charge in [0.25, 0.3) is 5.91 Å². The standard InChI is InChI=1S/C22H21BrN4O2/c23-16-6-7-19-17(12-16)18(13-20(26-19)15-4-1-8-24-14-15)22(29)25-9-3-11-27-10-2-5-21(27)28/h1,4,6-8,12-14H,2-3,5,9-11H2,(H,25,29). The lowest BCUT2D eigenvalue weighted by molar-refractivity contribution is -0.127. The Balaban J connectivity index is 1.55. The average Bonchev–Trinajstić information content (AvgIpc) is 3.15. The van der Waals surface area contributed by atoms with Gasteiger partial charge in [-0.05, 0) is 49.2 Å². The fourth-order valence-electron chi connectivity index (χ4n) is 3.56. The molecule has 7 heteroatoms. The van der Waals surface area contributed by atoms with Gasteiger partial charge in [0.1, 0.15) is 0 Å². The molecule has 0 unspecified atom stereocenters. The molecule has 2 aromatic heterocycles. The van der Waals surface area contributed by atoms with Gasteiger partial charge in [0.2, 0.25) is 5.91 Å². The van der Waals surface area contributed by atoms with Crippen LogP contribution >= 0.6 is 15.9 Å². The van der Waals surface area contributed by atoms with Gasteiger partial charge in [0.05, 0.1) is 16.8 Å². The smallest absolute Gasteiger partial charge is 0.252 e. The molecule has 0 bridgehead atoms. The van der Waals surface area contributed by atoms with Gasteiger partial charge in [-0.15, -0.1) is 0 Å². The van der Waals surface area contributed by atoms with Crippen LogP contribution in [0.3, 0.4) is 0 Å². The van der Waals surface area contributed by atoms with Crippen molar-refractivity contribution in [2.24, 2.45) is 0 Å². The van der Waals surface area contributed by atoms with E-state index in [1.54, 1.807) is 12.4 Å². The molecule has 1 N–H and O–H groups in total. The number of pyridine rings is 2. The normalized spacial score (nSPS) is 13.8. The molecule has 148 valence electrons. The average molecular weight is 453 g/mol. The second-order valence-corrected chi connectivity index (χ2v) is 7.97. The molecular formula is C22H21BrN4O2. The van der Waals surface area contributed by atoms with E-state index in [2.05, 4.69) is 26.2 Å². The second kappa shape index (κ2) is 8.69. The number of amides is 2. The zero-order chi connectivity index (χ0) is 20.2. The molecule has 0 atom stereocenters. The number of carbonyl (C=O) groups is 2.